The van der Waals surface area contributed by atoms with Crippen LogP contribution in [0.25, 0.3) is 0 Å². The van der Waals surface area contributed by atoms with Gasteiger partial charge in [-0.2, -0.15) is 0 Å². The summed E-state index contributed by atoms with van der Waals surface area (Å²) < 4.78 is 0. The minimum Gasteiger partial charge on any atom is -0.310 e. The van der Waals surface area contributed by atoms with E-state index in [1.165, 1.54) is 12.8 Å². The van der Waals surface area contributed by atoms with Gasteiger partial charge in [0.25, 0.3) is 0 Å². The molecule has 0 aromatic carbocycles. The summed E-state index contributed by atoms with van der Waals surface area (Å²) in [5.74, 6) is 0.746. The zero-order chi connectivity index (χ0) is 7.98. The third-order valence-electron chi connectivity index (χ3n) is 1.79. The molecule has 0 spiro atoms. The van der Waals surface area contributed by atoms with E-state index >= 15 is 0 Å². The molecule has 1 N–H and O–H groups in total. The largest absolute Gasteiger partial charge is 0.310 e. The average Bonchev–Trinajstić information content (AvgIpc) is 1.87. The van der Waals surface area contributed by atoms with Crippen molar-refractivity contribution >= 4 is 0 Å². The number of hydrogen-bond acceptors (Lipinski definition) is 1. The second-order valence-electron chi connectivity index (χ2n) is 3.09. The second kappa shape index (κ2) is 5.72. The van der Waals surface area contributed by atoms with Crippen molar-refractivity contribution in [3.05, 3.63) is 6.54 Å². The fraction of sp³-hybridized carbons (Fsp3) is 0.889. The Bertz CT molecular complexity index is 63.1. The molecule has 0 rings (SSSR count). The zero-order valence-electron chi connectivity index (χ0n) is 7.65. The highest BCUT2D eigenvalue weighted by molar-refractivity contribution is 4.72. The van der Waals surface area contributed by atoms with E-state index in [4.69, 9.17) is 0 Å². The van der Waals surface area contributed by atoms with Crippen LogP contribution in [0, 0.1) is 12.5 Å². The van der Waals surface area contributed by atoms with Gasteiger partial charge in [-0.1, -0.05) is 27.2 Å². The van der Waals surface area contributed by atoms with Gasteiger partial charge in [-0.15, -0.1) is 0 Å². The highest BCUT2D eigenvalue weighted by Gasteiger charge is 2.09. The van der Waals surface area contributed by atoms with Crippen molar-refractivity contribution < 1.29 is 0 Å². The van der Waals surface area contributed by atoms with Gasteiger partial charge in [0.05, 0.1) is 0 Å². The van der Waals surface area contributed by atoms with Crippen LogP contribution in [0.2, 0.25) is 0 Å². The van der Waals surface area contributed by atoms with Crippen molar-refractivity contribution in [3.8, 4) is 0 Å². The summed E-state index contributed by atoms with van der Waals surface area (Å²) in [6, 6.07) is 0.676. The van der Waals surface area contributed by atoms with Crippen molar-refractivity contribution in [2.45, 2.75) is 46.6 Å². The molecule has 0 amide bonds. The molecule has 61 valence electrons. The first kappa shape index (κ1) is 9.96. The third-order valence-corrected chi connectivity index (χ3v) is 1.79. The van der Waals surface area contributed by atoms with E-state index in [2.05, 4.69) is 26.1 Å². The van der Waals surface area contributed by atoms with E-state index < -0.39 is 0 Å². The van der Waals surface area contributed by atoms with E-state index in [1.54, 1.807) is 0 Å². The van der Waals surface area contributed by atoms with Crippen LogP contribution < -0.4 is 5.32 Å². The summed E-state index contributed by atoms with van der Waals surface area (Å²) in [6.45, 7) is 10.8. The lowest BCUT2D eigenvalue weighted by Crippen LogP contribution is -2.30. The summed E-state index contributed by atoms with van der Waals surface area (Å²) in [4.78, 5) is 0. The molecule has 10 heavy (non-hydrogen) atoms. The topological polar surface area (TPSA) is 12.0 Å². The summed E-state index contributed by atoms with van der Waals surface area (Å²) in [5, 5.41) is 3.36. The van der Waals surface area contributed by atoms with E-state index in [-0.39, 0.29) is 0 Å². The molecule has 0 aromatic rings. The number of nitrogens with one attached hydrogen (secondary N) is 1. The van der Waals surface area contributed by atoms with E-state index in [9.17, 15) is 0 Å². The fourth-order valence-corrected chi connectivity index (χ4v) is 1.13. The molecule has 0 aliphatic carbocycles. The first-order chi connectivity index (χ1) is 4.72. The van der Waals surface area contributed by atoms with Crippen molar-refractivity contribution in [2.24, 2.45) is 5.92 Å². The lowest BCUT2D eigenvalue weighted by molar-refractivity contribution is 0.400. The smallest absolute Gasteiger partial charge is 0.0193 e. The van der Waals surface area contributed by atoms with Gasteiger partial charge in [0.1, 0.15) is 0 Å². The van der Waals surface area contributed by atoms with Crippen LogP contribution in [-0.4, -0.2) is 6.04 Å². The molecule has 0 aliphatic heterocycles. The monoisotopic (exact) mass is 142 g/mol. The Kier molecular flexibility index (Phi) is 5.70. The molecular formula is C9H20N. The maximum Gasteiger partial charge on any atom is 0.0193 e. The van der Waals surface area contributed by atoms with Gasteiger partial charge in [0, 0.05) is 12.6 Å². The van der Waals surface area contributed by atoms with Crippen molar-refractivity contribution in [3.63, 3.8) is 0 Å². The Balaban J connectivity index is 3.50. The maximum absolute atomic E-state index is 3.36. The molecule has 1 atom stereocenters. The van der Waals surface area contributed by atoms with Crippen molar-refractivity contribution in [1.82, 2.24) is 5.32 Å². The molecule has 1 unspecified atom stereocenters. The molecular weight excluding hydrogens is 122 g/mol. The van der Waals surface area contributed by atoms with Gasteiger partial charge in [-0.25, -0.2) is 0 Å². The molecule has 0 aromatic heterocycles. The molecule has 1 nitrogen and oxygen atoms in total. The first-order valence-electron chi connectivity index (χ1n) is 4.26. The highest BCUT2D eigenvalue weighted by atomic mass is 14.9. The van der Waals surface area contributed by atoms with Crippen LogP contribution in [0.15, 0.2) is 0 Å². The van der Waals surface area contributed by atoms with Gasteiger partial charge in [-0.3, -0.25) is 0 Å². The van der Waals surface area contributed by atoms with Crippen LogP contribution in [0.3, 0.4) is 0 Å². The summed E-state index contributed by atoms with van der Waals surface area (Å²) in [5.41, 5.74) is 0. The van der Waals surface area contributed by atoms with E-state index in [0.717, 1.165) is 5.92 Å². The molecule has 0 bridgehead atoms. The highest BCUT2D eigenvalue weighted by Crippen LogP contribution is 2.07. The number of rotatable bonds is 5. The van der Waals surface area contributed by atoms with Crippen LogP contribution >= 0.6 is 0 Å². The molecule has 0 aliphatic rings. The molecule has 0 heterocycles. The first-order valence-corrected chi connectivity index (χ1v) is 4.26. The second-order valence-corrected chi connectivity index (χ2v) is 3.09. The predicted molar refractivity (Wildman–Crippen MR) is 46.6 cm³/mol. The molecule has 0 saturated heterocycles. The lowest BCUT2D eigenvalue weighted by Gasteiger charge is -2.20. The Morgan fingerprint density at radius 3 is 2.30 bits per heavy atom. The summed E-state index contributed by atoms with van der Waals surface area (Å²) in [6.07, 6.45) is 2.55. The standard InChI is InChI=1S/C9H20N/c1-5-7-9(8(3)4)10-6-2/h6,8-10H,5,7H2,1-4H3. The lowest BCUT2D eigenvalue weighted by atomic mass is 10.00. The van der Waals surface area contributed by atoms with Gasteiger partial charge in [-0.05, 0) is 19.3 Å². The minimum atomic E-state index is 0.676. The van der Waals surface area contributed by atoms with Gasteiger partial charge in [0.15, 0.2) is 0 Å². The van der Waals surface area contributed by atoms with E-state index in [0.29, 0.717) is 6.04 Å². The van der Waals surface area contributed by atoms with E-state index in [1.807, 2.05) is 13.5 Å². The van der Waals surface area contributed by atoms with Crippen LogP contribution in [0.5, 0.6) is 0 Å². The third kappa shape index (κ3) is 3.89. The molecule has 0 fully saturated rings. The van der Waals surface area contributed by atoms with Crippen molar-refractivity contribution in [1.29, 1.82) is 0 Å². The van der Waals surface area contributed by atoms with Crippen LogP contribution in [0.4, 0.5) is 0 Å². The Hall–Kier alpha value is -0.0400. The van der Waals surface area contributed by atoms with Gasteiger partial charge < -0.3 is 5.32 Å². The minimum absolute atomic E-state index is 0.676. The van der Waals surface area contributed by atoms with Crippen molar-refractivity contribution in [2.75, 3.05) is 0 Å². The molecule has 0 saturated carbocycles. The SMILES string of the molecule is C[CH]NC(CCC)C(C)C. The maximum atomic E-state index is 3.36. The quantitative estimate of drug-likeness (QED) is 0.622. The summed E-state index contributed by atoms with van der Waals surface area (Å²) >= 11 is 0. The van der Waals surface area contributed by atoms with Gasteiger partial charge >= 0.3 is 0 Å². The van der Waals surface area contributed by atoms with Gasteiger partial charge in [0.2, 0.25) is 0 Å². The fourth-order valence-electron chi connectivity index (χ4n) is 1.13. The predicted octanol–water partition coefficient (Wildman–Crippen LogP) is 2.58. The normalized spacial score (nSPS) is 14.1. The Morgan fingerprint density at radius 2 is 2.00 bits per heavy atom. The molecule has 1 heteroatoms. The molecule has 1 radical (unpaired) electrons. The summed E-state index contributed by atoms with van der Waals surface area (Å²) in [7, 11) is 0. The zero-order valence-corrected chi connectivity index (χ0v) is 7.65. The number of hydrogen-bond donors (Lipinski definition) is 1. The van der Waals surface area contributed by atoms with Crippen LogP contribution in [0.1, 0.15) is 40.5 Å². The van der Waals surface area contributed by atoms with Crippen LogP contribution in [-0.2, 0) is 0 Å². The average molecular weight is 142 g/mol. The Labute approximate surface area is 65.2 Å². The Morgan fingerprint density at radius 1 is 1.40 bits per heavy atom.